The first-order valence-electron chi connectivity index (χ1n) is 32.4. The Hall–Kier alpha value is -11.8. The number of nitrogens with zero attached hydrogens (tertiary/aromatic N) is 1. The third-order valence-electron chi connectivity index (χ3n) is 15.4. The molecule has 0 aliphatic heterocycles. The van der Waals surface area contributed by atoms with Crippen LogP contribution in [0.5, 0.6) is 34.5 Å². The fourth-order valence-electron chi connectivity index (χ4n) is 8.66. The minimum absolute atomic E-state index is 0.0617. The number of benzene rings is 9. The van der Waals surface area contributed by atoms with E-state index in [2.05, 4.69) is 61.5 Å². The lowest BCUT2D eigenvalue weighted by atomic mass is 10.00. The third-order valence-corrected chi connectivity index (χ3v) is 15.4. The van der Waals surface area contributed by atoms with Crippen molar-refractivity contribution in [2.45, 2.75) is 81.1 Å². The first-order chi connectivity index (χ1) is 47.9. The van der Waals surface area contributed by atoms with E-state index in [4.69, 9.17) is 52.6 Å². The molecule has 0 radical (unpaired) electrons. The SMILES string of the molecule is CCC(C)C(=O)OCOc1ccc(-c2ccc(-c3ccc(C)cc3)cc2)cc1.CCC(C)C(=O)OCOc1ccc(C(=O)Oc2ccc(-c3ccc(C#N)cc3)cc2)cc1.CCCOC(=O)c1ccc(OC(=O)c2ccc(OC(=O)c3ccc(OCOC(=O)C(C)CC)cc3)cc2)cc1. The quantitative estimate of drug-likeness (QED) is 0.0201. The lowest BCUT2D eigenvalue weighted by Gasteiger charge is -2.11. The van der Waals surface area contributed by atoms with Gasteiger partial charge in [-0.2, -0.15) is 5.26 Å². The van der Waals surface area contributed by atoms with Crippen LogP contribution in [0.25, 0.3) is 33.4 Å². The Labute approximate surface area is 576 Å². The van der Waals surface area contributed by atoms with E-state index in [-0.39, 0.29) is 78.7 Å². The molecular weight excluding hydrogens is 1260 g/mol. The van der Waals surface area contributed by atoms with Gasteiger partial charge >= 0.3 is 41.8 Å². The molecule has 0 saturated heterocycles. The van der Waals surface area contributed by atoms with E-state index >= 15 is 0 Å². The number of esters is 7. The molecule has 0 aliphatic rings. The second-order valence-corrected chi connectivity index (χ2v) is 22.7. The molecule has 9 rings (SSSR count). The van der Waals surface area contributed by atoms with E-state index in [1.807, 2.05) is 83.1 Å². The summed E-state index contributed by atoms with van der Waals surface area (Å²) < 4.78 is 52.6. The van der Waals surface area contributed by atoms with Crippen molar-refractivity contribution in [3.05, 3.63) is 252 Å². The molecule has 0 saturated carbocycles. The number of carbonyl (C=O) groups excluding carboxylic acids is 7. The molecule has 0 heterocycles. The molecule has 99 heavy (non-hydrogen) atoms. The predicted molar refractivity (Wildman–Crippen MR) is 373 cm³/mol. The summed E-state index contributed by atoms with van der Waals surface area (Å²) >= 11 is 0. The smallest absolute Gasteiger partial charge is 0.343 e. The van der Waals surface area contributed by atoms with Crippen LogP contribution in [-0.4, -0.2) is 68.8 Å². The topological polar surface area (TPSA) is 236 Å². The number of carbonyl (C=O) groups is 7. The number of nitriles is 1. The van der Waals surface area contributed by atoms with E-state index in [0.29, 0.717) is 59.1 Å². The van der Waals surface area contributed by atoms with Gasteiger partial charge in [-0.1, -0.05) is 139 Å². The molecule has 0 amide bonds. The lowest BCUT2D eigenvalue weighted by Crippen LogP contribution is -2.17. The van der Waals surface area contributed by atoms with Crippen LogP contribution in [0.4, 0.5) is 0 Å². The van der Waals surface area contributed by atoms with Crippen LogP contribution >= 0.6 is 0 Å². The Morgan fingerprint density at radius 2 is 0.566 bits per heavy atom. The van der Waals surface area contributed by atoms with Gasteiger partial charge in [0.05, 0.1) is 58.2 Å². The van der Waals surface area contributed by atoms with Crippen molar-refractivity contribution >= 4 is 41.8 Å². The summed E-state index contributed by atoms with van der Waals surface area (Å²) in [6.07, 6.45) is 2.86. The Morgan fingerprint density at radius 3 is 0.848 bits per heavy atom. The molecule has 0 N–H and O–H groups in total. The zero-order chi connectivity index (χ0) is 71.1. The standard InChI is InChI=1S/C30H30O9.C26H23NO5.C25H26O3/c1-4-18-35-28(32)21-8-14-25(15-9-21)38-30(34)23-10-16-26(17-11-23)39-29(33)22-6-12-24(13-7-22)36-19-37-27(31)20(3)5-2;1-3-18(2)25(28)31-17-30-23-12-10-22(11-13-23)26(29)32-24-14-8-21(9-15-24)20-6-4-19(16-27)5-7-20;1-4-19(3)25(26)28-17-27-24-15-13-23(14-16-24)22-11-9-21(10-12-22)20-7-5-18(2)6-8-20/h6-17,20H,4-5,18-19H2,1-3H3;4-15,18H,3,17H2,1-2H3;5-16,19H,4,17H2,1-3H3. The third kappa shape index (κ3) is 23.8. The van der Waals surface area contributed by atoms with Crippen LogP contribution in [-0.2, 0) is 33.3 Å². The highest BCUT2D eigenvalue weighted by molar-refractivity contribution is 5.94. The van der Waals surface area contributed by atoms with Crippen molar-refractivity contribution in [1.29, 1.82) is 5.26 Å². The van der Waals surface area contributed by atoms with Crippen LogP contribution in [0.2, 0.25) is 0 Å². The highest BCUT2D eigenvalue weighted by Crippen LogP contribution is 2.29. The van der Waals surface area contributed by atoms with Gasteiger partial charge in [0, 0.05) is 0 Å². The summed E-state index contributed by atoms with van der Waals surface area (Å²) in [5.41, 5.74) is 9.70. The number of aryl methyl sites for hydroxylation is 1. The molecule has 9 aromatic carbocycles. The van der Waals surface area contributed by atoms with Gasteiger partial charge in [-0.3, -0.25) is 14.4 Å². The molecule has 0 spiro atoms. The fourth-order valence-corrected chi connectivity index (χ4v) is 8.66. The second-order valence-electron chi connectivity index (χ2n) is 22.7. The van der Waals surface area contributed by atoms with Crippen LogP contribution in [0.15, 0.2) is 218 Å². The van der Waals surface area contributed by atoms with E-state index < -0.39 is 23.9 Å². The van der Waals surface area contributed by atoms with Crippen molar-refractivity contribution in [1.82, 2.24) is 0 Å². The average Bonchev–Trinajstić information content (AvgIpc) is 0.887. The van der Waals surface area contributed by atoms with Gasteiger partial charge in [0.15, 0.2) is 0 Å². The summed E-state index contributed by atoms with van der Waals surface area (Å²) in [4.78, 5) is 84.2. The number of ether oxygens (including phenoxy) is 10. The summed E-state index contributed by atoms with van der Waals surface area (Å²) in [7, 11) is 0. The normalized spacial score (nSPS) is 11.3. The number of rotatable bonds is 27. The second kappa shape index (κ2) is 38.6. The molecule has 3 atom stereocenters. The van der Waals surface area contributed by atoms with Crippen LogP contribution in [0, 0.1) is 36.0 Å². The molecule has 0 bridgehead atoms. The Kier molecular flexibility index (Phi) is 29.1. The van der Waals surface area contributed by atoms with E-state index in [0.717, 1.165) is 35.1 Å². The van der Waals surface area contributed by atoms with Gasteiger partial charge in [0.25, 0.3) is 0 Å². The van der Waals surface area contributed by atoms with Crippen molar-refractivity contribution < 1.29 is 80.9 Å². The molecule has 9 aromatic rings. The first kappa shape index (κ1) is 74.6. The fraction of sp³-hybridized carbons (Fsp3) is 0.235. The molecule has 18 nitrogen and oxygen atoms in total. The highest BCUT2D eigenvalue weighted by atomic mass is 16.7. The van der Waals surface area contributed by atoms with Gasteiger partial charge in [-0.25, -0.2) is 19.2 Å². The van der Waals surface area contributed by atoms with Gasteiger partial charge in [0.2, 0.25) is 20.4 Å². The maximum absolute atomic E-state index is 12.5. The highest BCUT2D eigenvalue weighted by Gasteiger charge is 2.18. The van der Waals surface area contributed by atoms with Gasteiger partial charge < -0.3 is 47.4 Å². The summed E-state index contributed by atoms with van der Waals surface area (Å²) in [5, 5.41) is 8.89. The molecule has 3 unspecified atom stereocenters. The average molecular weight is 1340 g/mol. The lowest BCUT2D eigenvalue weighted by molar-refractivity contribution is -0.155. The van der Waals surface area contributed by atoms with Crippen molar-refractivity contribution in [2.75, 3.05) is 27.0 Å². The van der Waals surface area contributed by atoms with Crippen molar-refractivity contribution in [3.63, 3.8) is 0 Å². The van der Waals surface area contributed by atoms with Crippen molar-refractivity contribution in [3.8, 4) is 73.9 Å². The first-order valence-corrected chi connectivity index (χ1v) is 32.4. The van der Waals surface area contributed by atoms with Crippen LogP contribution in [0.1, 0.15) is 127 Å². The molecule has 0 fully saturated rings. The molecule has 18 heteroatoms. The minimum Gasteiger partial charge on any atom is -0.462 e. The van der Waals surface area contributed by atoms with E-state index in [9.17, 15) is 33.6 Å². The number of hydrogen-bond acceptors (Lipinski definition) is 18. The molecular formula is C81H79NO17. The maximum Gasteiger partial charge on any atom is 0.343 e. The van der Waals surface area contributed by atoms with Crippen LogP contribution in [0.3, 0.4) is 0 Å². The van der Waals surface area contributed by atoms with E-state index in [1.165, 1.54) is 77.4 Å². The zero-order valence-corrected chi connectivity index (χ0v) is 56.6. The summed E-state index contributed by atoms with van der Waals surface area (Å²) in [6, 6.07) is 65.8. The predicted octanol–water partition coefficient (Wildman–Crippen LogP) is 17.2. The zero-order valence-electron chi connectivity index (χ0n) is 56.6. The summed E-state index contributed by atoms with van der Waals surface area (Å²) in [6.45, 7) is 15.0. The van der Waals surface area contributed by atoms with Gasteiger partial charge in [0.1, 0.15) is 34.5 Å². The van der Waals surface area contributed by atoms with Crippen LogP contribution < -0.4 is 28.4 Å². The minimum atomic E-state index is -0.611. The Morgan fingerprint density at radius 1 is 0.323 bits per heavy atom. The Balaban J connectivity index is 0.000000212. The Bertz CT molecular complexity index is 4110. The van der Waals surface area contributed by atoms with E-state index in [1.54, 1.807) is 74.5 Å². The van der Waals surface area contributed by atoms with Crippen molar-refractivity contribution in [2.24, 2.45) is 17.8 Å². The molecule has 0 aromatic heterocycles. The molecule has 0 aliphatic carbocycles. The van der Waals surface area contributed by atoms with Gasteiger partial charge in [-0.05, 0) is 199 Å². The van der Waals surface area contributed by atoms with Gasteiger partial charge in [-0.15, -0.1) is 0 Å². The summed E-state index contributed by atoms with van der Waals surface area (Å²) in [5.74, 6) is -0.985. The largest absolute Gasteiger partial charge is 0.462 e. The number of hydrogen-bond donors (Lipinski definition) is 0. The monoisotopic (exact) mass is 1340 g/mol. The maximum atomic E-state index is 12.5. The molecule has 510 valence electrons.